The minimum absolute atomic E-state index is 0.00627. The molecule has 0 spiro atoms. The quantitative estimate of drug-likeness (QED) is 0.413. The third kappa shape index (κ3) is 3.47. The zero-order valence-corrected chi connectivity index (χ0v) is 14.7. The van der Waals surface area contributed by atoms with Crippen LogP contribution in [-0.2, 0) is 0 Å². The first-order valence-electron chi connectivity index (χ1n) is 8.26. The lowest BCUT2D eigenvalue weighted by atomic mass is 9.87. The molecule has 0 radical (unpaired) electrons. The summed E-state index contributed by atoms with van der Waals surface area (Å²) >= 11 is 0. The van der Waals surface area contributed by atoms with E-state index in [0.29, 0.717) is 5.56 Å². The normalized spacial score (nSPS) is 20.9. The van der Waals surface area contributed by atoms with Crippen LogP contribution in [-0.4, -0.2) is 43.0 Å². The lowest BCUT2D eigenvalue weighted by Crippen LogP contribution is -2.48. The van der Waals surface area contributed by atoms with Gasteiger partial charge in [-0.3, -0.25) is 4.79 Å². The highest BCUT2D eigenvalue weighted by atomic mass is 16.5. The van der Waals surface area contributed by atoms with Gasteiger partial charge in [-0.25, -0.2) is 0 Å². The van der Waals surface area contributed by atoms with Crippen LogP contribution in [0.1, 0.15) is 41.4 Å². The number of hydrogen-bond acceptors (Lipinski definition) is 7. The average Bonchev–Trinajstić information content (AvgIpc) is 2.59. The van der Waals surface area contributed by atoms with E-state index in [-0.39, 0.29) is 34.1 Å². The van der Waals surface area contributed by atoms with E-state index in [1.165, 1.54) is 36.4 Å². The summed E-state index contributed by atoms with van der Waals surface area (Å²) in [5.74, 6) is -1.18. The predicted octanol–water partition coefficient (Wildman–Crippen LogP) is 2.26. The average molecular weight is 372 g/mol. The fourth-order valence-electron chi connectivity index (χ4n) is 2.95. The number of benzene rings is 2. The van der Waals surface area contributed by atoms with Crippen molar-refractivity contribution in [3.05, 3.63) is 53.1 Å². The van der Waals surface area contributed by atoms with Crippen LogP contribution in [0.3, 0.4) is 0 Å². The number of phenols is 3. The molecule has 2 atom stereocenters. The van der Waals surface area contributed by atoms with Crippen LogP contribution in [0.15, 0.2) is 36.4 Å². The maximum Gasteiger partial charge on any atom is 0.189 e. The van der Waals surface area contributed by atoms with Crippen molar-refractivity contribution in [3.63, 3.8) is 0 Å². The second-order valence-electron chi connectivity index (χ2n) is 6.95. The molecule has 1 heterocycles. The Hall–Kier alpha value is -3.03. The Labute approximate surface area is 155 Å². The van der Waals surface area contributed by atoms with Crippen LogP contribution in [0.4, 0.5) is 0 Å². The van der Waals surface area contributed by atoms with E-state index in [4.69, 9.17) is 4.74 Å². The standard InChI is InChI=1S/C20H20O7/c1-20(2)19(26)17(25)13-7-10(8-16(24)18(13)27-20)3-6-14(22)12-5-4-11(21)9-15(12)23/h3-9,17,19,21,23-26H,1-2H3/b6-3+. The zero-order valence-electron chi connectivity index (χ0n) is 14.7. The number of aliphatic hydroxyl groups excluding tert-OH is 2. The van der Waals surface area contributed by atoms with E-state index in [1.807, 2.05) is 0 Å². The number of allylic oxidation sites excluding steroid dienone is 1. The van der Waals surface area contributed by atoms with Gasteiger partial charge < -0.3 is 30.3 Å². The molecule has 0 fully saturated rings. The van der Waals surface area contributed by atoms with Gasteiger partial charge in [0.1, 0.15) is 29.3 Å². The number of fused-ring (bicyclic) bond motifs is 1. The van der Waals surface area contributed by atoms with Gasteiger partial charge in [0.25, 0.3) is 0 Å². The van der Waals surface area contributed by atoms with E-state index in [1.54, 1.807) is 13.8 Å². The maximum atomic E-state index is 12.2. The molecule has 5 N–H and O–H groups in total. The van der Waals surface area contributed by atoms with Crippen LogP contribution in [0.2, 0.25) is 0 Å². The molecule has 0 saturated carbocycles. The maximum absolute atomic E-state index is 12.2. The smallest absolute Gasteiger partial charge is 0.189 e. The first-order valence-corrected chi connectivity index (χ1v) is 8.26. The fourth-order valence-corrected chi connectivity index (χ4v) is 2.95. The van der Waals surface area contributed by atoms with Gasteiger partial charge in [0, 0.05) is 11.6 Å². The van der Waals surface area contributed by atoms with Crippen molar-refractivity contribution in [1.82, 2.24) is 0 Å². The molecule has 0 bridgehead atoms. The summed E-state index contributed by atoms with van der Waals surface area (Å²) in [5, 5.41) is 49.8. The lowest BCUT2D eigenvalue weighted by Gasteiger charge is -2.40. The topological polar surface area (TPSA) is 127 Å². The minimum atomic E-state index is -1.26. The third-order valence-corrected chi connectivity index (χ3v) is 4.49. The monoisotopic (exact) mass is 372 g/mol. The molecule has 142 valence electrons. The Kier molecular flexibility index (Phi) is 4.59. The Morgan fingerprint density at radius 2 is 1.78 bits per heavy atom. The van der Waals surface area contributed by atoms with Gasteiger partial charge in [0.2, 0.25) is 0 Å². The number of aromatic hydroxyl groups is 3. The van der Waals surface area contributed by atoms with Crippen LogP contribution in [0.25, 0.3) is 6.08 Å². The highest BCUT2D eigenvalue weighted by molar-refractivity contribution is 6.08. The number of ketones is 1. The van der Waals surface area contributed by atoms with Gasteiger partial charge in [0.05, 0.1) is 5.56 Å². The number of ether oxygens (including phenoxy) is 1. The molecule has 7 heteroatoms. The molecule has 1 aliphatic heterocycles. The van der Waals surface area contributed by atoms with E-state index in [9.17, 15) is 30.3 Å². The van der Waals surface area contributed by atoms with Crippen molar-refractivity contribution in [3.8, 4) is 23.0 Å². The molecule has 3 rings (SSSR count). The second kappa shape index (κ2) is 6.61. The van der Waals surface area contributed by atoms with Gasteiger partial charge in [-0.15, -0.1) is 0 Å². The number of hydrogen-bond donors (Lipinski definition) is 5. The summed E-state index contributed by atoms with van der Waals surface area (Å²) in [4.78, 5) is 12.2. The van der Waals surface area contributed by atoms with E-state index < -0.39 is 23.6 Å². The largest absolute Gasteiger partial charge is 0.508 e. The molecule has 0 saturated heterocycles. The fraction of sp³-hybridized carbons (Fsp3) is 0.250. The van der Waals surface area contributed by atoms with Crippen molar-refractivity contribution in [1.29, 1.82) is 0 Å². The minimum Gasteiger partial charge on any atom is -0.508 e. The lowest BCUT2D eigenvalue weighted by molar-refractivity contribution is -0.112. The second-order valence-corrected chi connectivity index (χ2v) is 6.95. The first-order chi connectivity index (χ1) is 12.6. The van der Waals surface area contributed by atoms with Gasteiger partial charge in [-0.2, -0.15) is 0 Å². The van der Waals surface area contributed by atoms with E-state index in [0.717, 1.165) is 6.07 Å². The van der Waals surface area contributed by atoms with Crippen LogP contribution >= 0.6 is 0 Å². The number of carbonyl (C=O) groups is 1. The predicted molar refractivity (Wildman–Crippen MR) is 96.9 cm³/mol. The summed E-state index contributed by atoms with van der Waals surface area (Å²) in [5.41, 5.74) is -0.464. The van der Waals surface area contributed by atoms with Gasteiger partial charge in [0.15, 0.2) is 17.3 Å². The van der Waals surface area contributed by atoms with Crippen LogP contribution in [0.5, 0.6) is 23.0 Å². The highest BCUT2D eigenvalue weighted by Gasteiger charge is 2.43. The molecule has 1 aliphatic rings. The van der Waals surface area contributed by atoms with Gasteiger partial charge >= 0.3 is 0 Å². The summed E-state index contributed by atoms with van der Waals surface area (Å²) < 4.78 is 5.60. The molecular formula is C20H20O7. The number of aliphatic hydroxyl groups is 2. The van der Waals surface area contributed by atoms with Crippen molar-refractivity contribution in [2.24, 2.45) is 0 Å². The number of carbonyl (C=O) groups excluding carboxylic acids is 1. The third-order valence-electron chi connectivity index (χ3n) is 4.49. The molecule has 27 heavy (non-hydrogen) atoms. The Balaban J connectivity index is 1.92. The van der Waals surface area contributed by atoms with Crippen molar-refractivity contribution in [2.45, 2.75) is 31.7 Å². The molecule has 2 aromatic rings. The van der Waals surface area contributed by atoms with Gasteiger partial charge in [-0.1, -0.05) is 6.08 Å². The molecule has 2 aromatic carbocycles. The highest BCUT2D eigenvalue weighted by Crippen LogP contribution is 2.45. The van der Waals surface area contributed by atoms with Crippen molar-refractivity contribution >= 4 is 11.9 Å². The van der Waals surface area contributed by atoms with E-state index in [2.05, 4.69) is 0 Å². The summed E-state index contributed by atoms with van der Waals surface area (Å²) in [7, 11) is 0. The van der Waals surface area contributed by atoms with Crippen LogP contribution in [0, 0.1) is 0 Å². The van der Waals surface area contributed by atoms with Crippen LogP contribution < -0.4 is 4.74 Å². The summed E-state index contributed by atoms with van der Waals surface area (Å²) in [6.45, 7) is 3.19. The van der Waals surface area contributed by atoms with E-state index >= 15 is 0 Å². The molecule has 7 nitrogen and oxygen atoms in total. The van der Waals surface area contributed by atoms with Crippen molar-refractivity contribution < 1.29 is 35.1 Å². The molecule has 0 aliphatic carbocycles. The summed E-state index contributed by atoms with van der Waals surface area (Å²) in [6.07, 6.45) is 0.121. The Morgan fingerprint density at radius 1 is 1.07 bits per heavy atom. The molecule has 0 aromatic heterocycles. The first kappa shape index (κ1) is 18.8. The molecule has 2 unspecified atom stereocenters. The zero-order chi connectivity index (χ0) is 19.9. The summed E-state index contributed by atoms with van der Waals surface area (Å²) in [6, 6.07) is 6.49. The van der Waals surface area contributed by atoms with Crippen molar-refractivity contribution in [2.75, 3.05) is 0 Å². The number of rotatable bonds is 3. The SMILES string of the molecule is CC1(C)Oc2c(O)cc(/C=C/C(=O)c3ccc(O)cc3O)cc2C(O)C1O. The Bertz CT molecular complexity index is 930. The number of phenolic OH excluding ortho intramolecular Hbond substituents is 3. The Morgan fingerprint density at radius 3 is 2.44 bits per heavy atom. The van der Waals surface area contributed by atoms with Gasteiger partial charge in [-0.05, 0) is 49.8 Å². The molecule has 0 amide bonds. The molecular weight excluding hydrogens is 352 g/mol.